The van der Waals surface area contributed by atoms with Crippen LogP contribution in [-0.4, -0.2) is 51.6 Å². The molecule has 2 aromatic heterocycles. The van der Waals surface area contributed by atoms with Crippen molar-refractivity contribution in [3.8, 4) is 11.3 Å². The molecule has 0 aliphatic carbocycles. The molecule has 1 aliphatic heterocycles. The molecule has 9 heteroatoms. The fourth-order valence-corrected chi connectivity index (χ4v) is 4.83. The predicted octanol–water partition coefficient (Wildman–Crippen LogP) is 3.36. The van der Waals surface area contributed by atoms with Gasteiger partial charge in [0.05, 0.1) is 42.9 Å². The second-order valence-electron chi connectivity index (χ2n) is 8.21. The first-order valence-electron chi connectivity index (χ1n) is 11.2. The van der Waals surface area contributed by atoms with E-state index in [0.29, 0.717) is 37.2 Å². The van der Waals surface area contributed by atoms with E-state index in [4.69, 9.17) is 14.7 Å². The highest BCUT2D eigenvalue weighted by Crippen LogP contribution is 2.24. The molecule has 1 amide bonds. The summed E-state index contributed by atoms with van der Waals surface area (Å²) in [6.07, 6.45) is 0. The summed E-state index contributed by atoms with van der Waals surface area (Å²) in [5.41, 5.74) is 3.20. The van der Waals surface area contributed by atoms with Crippen LogP contribution in [0.25, 0.3) is 22.2 Å². The van der Waals surface area contributed by atoms with E-state index in [1.807, 2.05) is 53.9 Å². The predicted molar refractivity (Wildman–Crippen MR) is 133 cm³/mol. The van der Waals surface area contributed by atoms with Gasteiger partial charge in [-0.15, -0.1) is 11.3 Å². The van der Waals surface area contributed by atoms with Gasteiger partial charge in [-0.1, -0.05) is 24.3 Å². The van der Waals surface area contributed by atoms with Crippen LogP contribution in [0.5, 0.6) is 0 Å². The number of carbonyl (C=O) groups is 1. The van der Waals surface area contributed by atoms with Crippen molar-refractivity contribution in [1.29, 1.82) is 0 Å². The molecular weight excluding hydrogens is 450 g/mol. The summed E-state index contributed by atoms with van der Waals surface area (Å²) in [6.45, 7) is 5.45. The molecule has 1 saturated heterocycles. The number of para-hydroxylation sites is 1. The highest BCUT2D eigenvalue weighted by molar-refractivity contribution is 7.09. The van der Waals surface area contributed by atoms with Gasteiger partial charge >= 0.3 is 0 Å². The smallest absolute Gasteiger partial charge is 0.261 e. The Balaban J connectivity index is 1.44. The van der Waals surface area contributed by atoms with Crippen LogP contribution in [0.3, 0.4) is 0 Å². The van der Waals surface area contributed by atoms with Crippen LogP contribution in [0.1, 0.15) is 17.8 Å². The quantitative estimate of drug-likeness (QED) is 0.460. The molecule has 0 saturated carbocycles. The maximum Gasteiger partial charge on any atom is 0.261 e. The van der Waals surface area contributed by atoms with Gasteiger partial charge < -0.3 is 10.1 Å². The van der Waals surface area contributed by atoms with Crippen LogP contribution < -0.4 is 10.9 Å². The highest BCUT2D eigenvalue weighted by Gasteiger charge is 2.18. The molecule has 1 aliphatic rings. The summed E-state index contributed by atoms with van der Waals surface area (Å²) < 4.78 is 7.22. The van der Waals surface area contributed by atoms with Crippen LogP contribution in [0.2, 0.25) is 0 Å². The number of aromatic nitrogens is 3. The summed E-state index contributed by atoms with van der Waals surface area (Å²) in [5.74, 6) is 0.632. The van der Waals surface area contributed by atoms with Crippen LogP contribution in [-0.2, 0) is 22.6 Å². The number of nitrogens with zero attached hydrogens (tertiary/aromatic N) is 4. The Labute approximate surface area is 200 Å². The number of ether oxygens (including phenoxy) is 1. The lowest BCUT2D eigenvalue weighted by atomic mass is 10.1. The molecule has 0 radical (unpaired) electrons. The fourth-order valence-electron chi connectivity index (χ4n) is 4.04. The Morgan fingerprint density at radius 1 is 1.06 bits per heavy atom. The van der Waals surface area contributed by atoms with Crippen molar-refractivity contribution in [3.05, 3.63) is 75.1 Å². The number of hydrogen-bond donors (Lipinski definition) is 1. The molecule has 0 unspecified atom stereocenters. The van der Waals surface area contributed by atoms with Crippen LogP contribution >= 0.6 is 11.3 Å². The van der Waals surface area contributed by atoms with Gasteiger partial charge in [0.2, 0.25) is 5.91 Å². The number of fused-ring (bicyclic) bond motifs is 1. The Bertz CT molecular complexity index is 1370. The van der Waals surface area contributed by atoms with Crippen molar-refractivity contribution in [2.24, 2.45) is 0 Å². The Kier molecular flexibility index (Phi) is 6.48. The maximum absolute atomic E-state index is 13.4. The first-order chi connectivity index (χ1) is 16.6. The van der Waals surface area contributed by atoms with Gasteiger partial charge in [-0.25, -0.2) is 9.97 Å². The van der Waals surface area contributed by atoms with Crippen molar-refractivity contribution < 1.29 is 9.53 Å². The molecular formula is C25H25N5O3S. The highest BCUT2D eigenvalue weighted by atomic mass is 32.1. The standard InChI is InChI=1S/C25H25N5O3S/c1-17(31)26-19-8-6-18(7-9-19)22-16-34-24(28-22)15-30-23(14-29-10-12-33-13-11-29)27-21-5-3-2-4-20(21)25(30)32/h2-9,16H,10-15H2,1H3,(H,26,31). The van der Waals surface area contributed by atoms with Gasteiger partial charge in [0.15, 0.2) is 0 Å². The number of benzene rings is 2. The topological polar surface area (TPSA) is 89.4 Å². The zero-order valence-corrected chi connectivity index (χ0v) is 19.7. The van der Waals surface area contributed by atoms with Crippen molar-refractivity contribution in [1.82, 2.24) is 19.4 Å². The first kappa shape index (κ1) is 22.4. The molecule has 5 rings (SSSR count). The van der Waals surface area contributed by atoms with E-state index in [1.165, 1.54) is 18.3 Å². The number of amides is 1. The second kappa shape index (κ2) is 9.84. The van der Waals surface area contributed by atoms with Gasteiger partial charge in [-0.3, -0.25) is 19.1 Å². The van der Waals surface area contributed by atoms with Crippen molar-refractivity contribution in [2.45, 2.75) is 20.0 Å². The molecule has 0 atom stereocenters. The van der Waals surface area contributed by atoms with Crippen molar-refractivity contribution >= 4 is 33.8 Å². The number of anilines is 1. The second-order valence-corrected chi connectivity index (χ2v) is 9.15. The van der Waals surface area contributed by atoms with E-state index in [-0.39, 0.29) is 11.5 Å². The third kappa shape index (κ3) is 4.91. The van der Waals surface area contributed by atoms with Gasteiger partial charge in [-0.2, -0.15) is 0 Å². The molecule has 174 valence electrons. The average molecular weight is 476 g/mol. The summed E-state index contributed by atoms with van der Waals surface area (Å²) in [6, 6.07) is 15.0. The molecule has 34 heavy (non-hydrogen) atoms. The third-order valence-corrected chi connectivity index (χ3v) is 6.59. The van der Waals surface area contributed by atoms with E-state index >= 15 is 0 Å². The maximum atomic E-state index is 13.4. The summed E-state index contributed by atoms with van der Waals surface area (Å²) in [5, 5.41) is 6.20. The zero-order chi connectivity index (χ0) is 23.5. The van der Waals surface area contributed by atoms with E-state index in [0.717, 1.165) is 40.9 Å². The Morgan fingerprint density at radius 3 is 2.59 bits per heavy atom. The number of thiazole rings is 1. The number of rotatable bonds is 6. The monoisotopic (exact) mass is 475 g/mol. The minimum Gasteiger partial charge on any atom is -0.379 e. The van der Waals surface area contributed by atoms with E-state index in [1.54, 1.807) is 4.57 Å². The zero-order valence-electron chi connectivity index (χ0n) is 18.9. The van der Waals surface area contributed by atoms with Crippen molar-refractivity contribution in [3.63, 3.8) is 0 Å². The molecule has 0 bridgehead atoms. The van der Waals surface area contributed by atoms with Gasteiger partial charge in [0.25, 0.3) is 5.56 Å². The number of nitrogens with one attached hydrogen (secondary N) is 1. The molecule has 1 fully saturated rings. The third-order valence-electron chi connectivity index (χ3n) is 5.76. The Hall–Kier alpha value is -3.40. The SMILES string of the molecule is CC(=O)Nc1ccc(-c2csc(Cn3c(CN4CCOCC4)nc4ccccc4c3=O)n2)cc1. The van der Waals surface area contributed by atoms with Crippen molar-refractivity contribution in [2.75, 3.05) is 31.6 Å². The number of carbonyl (C=O) groups excluding carboxylic acids is 1. The van der Waals surface area contributed by atoms with E-state index < -0.39 is 0 Å². The number of morpholine rings is 1. The van der Waals surface area contributed by atoms with Crippen LogP contribution in [0.4, 0.5) is 5.69 Å². The average Bonchev–Trinajstić information content (AvgIpc) is 3.31. The summed E-state index contributed by atoms with van der Waals surface area (Å²) in [4.78, 5) is 36.6. The molecule has 3 heterocycles. The van der Waals surface area contributed by atoms with E-state index in [2.05, 4.69) is 10.2 Å². The Morgan fingerprint density at radius 2 is 1.82 bits per heavy atom. The molecule has 4 aromatic rings. The molecule has 2 aromatic carbocycles. The minimum absolute atomic E-state index is 0.0507. The fraction of sp³-hybridized carbons (Fsp3) is 0.280. The first-order valence-corrected chi connectivity index (χ1v) is 12.1. The number of hydrogen-bond acceptors (Lipinski definition) is 7. The van der Waals surface area contributed by atoms with Gasteiger partial charge in [-0.05, 0) is 24.3 Å². The van der Waals surface area contributed by atoms with Gasteiger partial charge in [0, 0.05) is 36.6 Å². The summed E-state index contributed by atoms with van der Waals surface area (Å²) in [7, 11) is 0. The molecule has 1 N–H and O–H groups in total. The lowest BCUT2D eigenvalue weighted by Crippen LogP contribution is -2.38. The minimum atomic E-state index is -0.106. The molecule has 0 spiro atoms. The lowest BCUT2D eigenvalue weighted by Gasteiger charge is -2.27. The van der Waals surface area contributed by atoms with Crippen LogP contribution in [0, 0.1) is 0 Å². The summed E-state index contributed by atoms with van der Waals surface area (Å²) >= 11 is 1.52. The molecule has 8 nitrogen and oxygen atoms in total. The normalized spacial score (nSPS) is 14.4. The van der Waals surface area contributed by atoms with Crippen LogP contribution in [0.15, 0.2) is 58.7 Å². The van der Waals surface area contributed by atoms with E-state index in [9.17, 15) is 9.59 Å². The van der Waals surface area contributed by atoms with Gasteiger partial charge in [0.1, 0.15) is 10.8 Å². The largest absolute Gasteiger partial charge is 0.379 e. The lowest BCUT2D eigenvalue weighted by molar-refractivity contribution is -0.114.